The number of aromatic amines is 1. The van der Waals surface area contributed by atoms with E-state index in [0.717, 1.165) is 11.1 Å². The minimum Gasteiger partial charge on any atom is -0.480 e. The largest absolute Gasteiger partial charge is 0.480 e. The average molecular weight is 234 g/mol. The van der Waals surface area contributed by atoms with Crippen LogP contribution in [0.5, 0.6) is 0 Å². The van der Waals surface area contributed by atoms with Crippen molar-refractivity contribution in [2.75, 3.05) is 5.73 Å². The van der Waals surface area contributed by atoms with Gasteiger partial charge in [-0.2, -0.15) is 0 Å². The normalized spacial score (nSPS) is 14.7. The Morgan fingerprint density at radius 2 is 2.29 bits per heavy atom. The Bertz CT molecular complexity index is 574. The minimum absolute atomic E-state index is 0.241. The molecule has 1 unspecified atom stereocenters. The number of nitrogen functional groups attached to an aromatic ring is 1. The fraction of sp³-hybridized carbons (Fsp3) is 0.273. The van der Waals surface area contributed by atoms with Gasteiger partial charge in [0.15, 0.2) is 5.95 Å². The highest BCUT2D eigenvalue weighted by molar-refractivity contribution is 5.80. The molecule has 17 heavy (non-hydrogen) atoms. The highest BCUT2D eigenvalue weighted by atomic mass is 16.4. The number of imidazole rings is 1. The molecule has 1 aromatic carbocycles. The molecule has 0 aliphatic rings. The van der Waals surface area contributed by atoms with Crippen LogP contribution in [0.15, 0.2) is 18.2 Å². The van der Waals surface area contributed by atoms with Crippen molar-refractivity contribution >= 4 is 23.0 Å². The summed E-state index contributed by atoms with van der Waals surface area (Å²) in [6.07, 6.45) is 0.241. The predicted molar refractivity (Wildman–Crippen MR) is 64.4 cm³/mol. The first-order chi connectivity index (χ1) is 7.88. The third kappa shape index (κ3) is 2.21. The van der Waals surface area contributed by atoms with Crippen molar-refractivity contribution in [1.82, 2.24) is 9.97 Å². The minimum atomic E-state index is -1.28. The monoisotopic (exact) mass is 234 g/mol. The van der Waals surface area contributed by atoms with Crippen molar-refractivity contribution in [2.24, 2.45) is 5.73 Å². The van der Waals surface area contributed by atoms with Crippen LogP contribution in [0.2, 0.25) is 0 Å². The Morgan fingerprint density at radius 1 is 1.59 bits per heavy atom. The van der Waals surface area contributed by atoms with Gasteiger partial charge in [0.05, 0.1) is 11.0 Å². The van der Waals surface area contributed by atoms with Crippen LogP contribution in [-0.2, 0) is 11.2 Å². The van der Waals surface area contributed by atoms with Gasteiger partial charge in [0, 0.05) is 6.42 Å². The number of benzene rings is 1. The van der Waals surface area contributed by atoms with Gasteiger partial charge < -0.3 is 21.6 Å². The molecule has 0 aliphatic carbocycles. The first-order valence-electron chi connectivity index (χ1n) is 5.15. The molecule has 1 heterocycles. The quantitative estimate of drug-likeness (QED) is 0.616. The molecule has 6 heteroatoms. The Kier molecular flexibility index (Phi) is 2.51. The number of rotatable bonds is 3. The van der Waals surface area contributed by atoms with Crippen LogP contribution in [0.1, 0.15) is 12.5 Å². The molecule has 6 nitrogen and oxygen atoms in total. The van der Waals surface area contributed by atoms with Crippen molar-refractivity contribution < 1.29 is 9.90 Å². The second kappa shape index (κ2) is 3.74. The Hall–Kier alpha value is -2.08. The van der Waals surface area contributed by atoms with Crippen molar-refractivity contribution in [2.45, 2.75) is 18.9 Å². The number of nitrogens with zero attached hydrogens (tertiary/aromatic N) is 1. The molecule has 1 atom stereocenters. The van der Waals surface area contributed by atoms with E-state index in [9.17, 15) is 4.79 Å². The lowest BCUT2D eigenvalue weighted by atomic mass is 9.94. The van der Waals surface area contributed by atoms with Gasteiger partial charge >= 0.3 is 5.97 Å². The number of H-pyrrole nitrogens is 1. The molecule has 0 fully saturated rings. The molecule has 0 saturated carbocycles. The average Bonchev–Trinajstić information content (AvgIpc) is 2.56. The van der Waals surface area contributed by atoms with Crippen LogP contribution < -0.4 is 11.5 Å². The summed E-state index contributed by atoms with van der Waals surface area (Å²) in [5.41, 5.74) is 12.3. The molecule has 1 aromatic heterocycles. The number of carboxylic acids is 1. The number of nitrogens with two attached hydrogens (primary N) is 2. The second-order valence-electron chi connectivity index (χ2n) is 4.37. The maximum absolute atomic E-state index is 10.9. The lowest BCUT2D eigenvalue weighted by Gasteiger charge is -2.18. The molecule has 2 aromatic rings. The van der Waals surface area contributed by atoms with Crippen LogP contribution in [-0.4, -0.2) is 26.6 Å². The SMILES string of the molecule is CC(N)(Cc1ccc2[nH]c(N)nc2c1)C(=O)O. The number of anilines is 1. The van der Waals surface area contributed by atoms with E-state index >= 15 is 0 Å². The summed E-state index contributed by atoms with van der Waals surface area (Å²) in [6.45, 7) is 1.48. The van der Waals surface area contributed by atoms with Gasteiger partial charge in [0.25, 0.3) is 0 Å². The zero-order valence-corrected chi connectivity index (χ0v) is 9.40. The van der Waals surface area contributed by atoms with E-state index in [1.165, 1.54) is 6.92 Å². The zero-order valence-electron chi connectivity index (χ0n) is 9.40. The Morgan fingerprint density at radius 3 is 2.94 bits per heavy atom. The number of carbonyl (C=O) groups is 1. The zero-order chi connectivity index (χ0) is 12.6. The van der Waals surface area contributed by atoms with Gasteiger partial charge in [-0.1, -0.05) is 6.07 Å². The maximum atomic E-state index is 10.9. The number of carboxylic acid groups (broad SMARTS) is 1. The molecule has 90 valence electrons. The number of nitrogens with one attached hydrogen (secondary N) is 1. The van der Waals surface area contributed by atoms with Gasteiger partial charge in [0.1, 0.15) is 5.54 Å². The van der Waals surface area contributed by atoms with E-state index in [-0.39, 0.29) is 6.42 Å². The van der Waals surface area contributed by atoms with E-state index in [1.54, 1.807) is 6.07 Å². The molecule has 2 rings (SSSR count). The second-order valence-corrected chi connectivity index (χ2v) is 4.37. The van der Waals surface area contributed by atoms with Crippen LogP contribution >= 0.6 is 0 Å². The third-order valence-corrected chi connectivity index (χ3v) is 2.63. The van der Waals surface area contributed by atoms with Crippen LogP contribution in [0.3, 0.4) is 0 Å². The molecule has 0 bridgehead atoms. The van der Waals surface area contributed by atoms with E-state index in [1.807, 2.05) is 12.1 Å². The molecule has 0 saturated heterocycles. The van der Waals surface area contributed by atoms with Gasteiger partial charge in [-0.25, -0.2) is 4.98 Å². The molecule has 6 N–H and O–H groups in total. The van der Waals surface area contributed by atoms with Crippen molar-refractivity contribution in [3.63, 3.8) is 0 Å². The van der Waals surface area contributed by atoms with Crippen molar-refractivity contribution in [3.05, 3.63) is 23.8 Å². The smallest absolute Gasteiger partial charge is 0.323 e. The van der Waals surface area contributed by atoms with Crippen molar-refractivity contribution in [3.8, 4) is 0 Å². The number of hydrogen-bond acceptors (Lipinski definition) is 4. The fourth-order valence-electron chi connectivity index (χ4n) is 1.68. The number of aromatic nitrogens is 2. The summed E-state index contributed by atoms with van der Waals surface area (Å²) in [7, 11) is 0. The van der Waals surface area contributed by atoms with Crippen LogP contribution in [0.25, 0.3) is 11.0 Å². The highest BCUT2D eigenvalue weighted by Crippen LogP contribution is 2.18. The Labute approximate surface area is 97.6 Å². The van der Waals surface area contributed by atoms with Crippen LogP contribution in [0.4, 0.5) is 5.95 Å². The molecule has 0 radical (unpaired) electrons. The van der Waals surface area contributed by atoms with Gasteiger partial charge in [-0.05, 0) is 24.6 Å². The van der Waals surface area contributed by atoms with Gasteiger partial charge in [0.2, 0.25) is 0 Å². The molecular weight excluding hydrogens is 220 g/mol. The maximum Gasteiger partial charge on any atom is 0.323 e. The number of hydrogen-bond donors (Lipinski definition) is 4. The van der Waals surface area contributed by atoms with E-state index in [2.05, 4.69) is 9.97 Å². The van der Waals surface area contributed by atoms with E-state index in [0.29, 0.717) is 11.5 Å². The van der Waals surface area contributed by atoms with Crippen LogP contribution in [0, 0.1) is 0 Å². The first-order valence-corrected chi connectivity index (χ1v) is 5.15. The lowest BCUT2D eigenvalue weighted by Crippen LogP contribution is -2.46. The van der Waals surface area contributed by atoms with Crippen molar-refractivity contribution in [1.29, 1.82) is 0 Å². The third-order valence-electron chi connectivity index (χ3n) is 2.63. The summed E-state index contributed by atoms with van der Waals surface area (Å²) in [5.74, 6) is -0.690. The highest BCUT2D eigenvalue weighted by Gasteiger charge is 2.28. The molecule has 0 amide bonds. The molecule has 0 spiro atoms. The topological polar surface area (TPSA) is 118 Å². The number of aliphatic carboxylic acids is 1. The fourth-order valence-corrected chi connectivity index (χ4v) is 1.68. The van der Waals surface area contributed by atoms with E-state index < -0.39 is 11.5 Å². The first kappa shape index (κ1) is 11.4. The lowest BCUT2D eigenvalue weighted by molar-refractivity contribution is -0.142. The number of fused-ring (bicyclic) bond motifs is 1. The predicted octanol–water partition coefficient (Wildman–Crippen LogP) is 0.490. The summed E-state index contributed by atoms with van der Waals surface area (Å²) >= 11 is 0. The molecular formula is C11H14N4O2. The Balaban J connectivity index is 2.34. The standard InChI is InChI=1S/C11H14N4O2/c1-11(13,9(16)17)5-6-2-3-7-8(4-6)15-10(12)14-7/h2-4H,5,13H2,1H3,(H,16,17)(H3,12,14,15). The molecule has 0 aliphatic heterocycles. The van der Waals surface area contributed by atoms with Gasteiger partial charge in [-0.15, -0.1) is 0 Å². The summed E-state index contributed by atoms with van der Waals surface area (Å²) in [6, 6.07) is 5.41. The summed E-state index contributed by atoms with van der Waals surface area (Å²) in [5, 5.41) is 8.95. The summed E-state index contributed by atoms with van der Waals surface area (Å²) < 4.78 is 0. The van der Waals surface area contributed by atoms with E-state index in [4.69, 9.17) is 16.6 Å². The summed E-state index contributed by atoms with van der Waals surface area (Å²) in [4.78, 5) is 17.9. The van der Waals surface area contributed by atoms with Gasteiger partial charge in [-0.3, -0.25) is 4.79 Å².